The first-order chi connectivity index (χ1) is 9.25. The molecule has 0 amide bonds. The second kappa shape index (κ2) is 7.43. The maximum absolute atomic E-state index is 13.3. The Morgan fingerprint density at radius 1 is 1.26 bits per heavy atom. The Balaban J connectivity index is 1.66. The molecule has 1 heterocycles. The van der Waals surface area contributed by atoms with Crippen LogP contribution < -0.4 is 4.74 Å². The van der Waals surface area contributed by atoms with Crippen molar-refractivity contribution in [1.29, 1.82) is 0 Å². The molecule has 1 N–H and O–H groups in total. The van der Waals surface area contributed by atoms with Crippen molar-refractivity contribution in [2.45, 2.75) is 25.0 Å². The molecule has 0 aromatic heterocycles. The van der Waals surface area contributed by atoms with Gasteiger partial charge in [-0.15, -0.1) is 0 Å². The van der Waals surface area contributed by atoms with Gasteiger partial charge in [-0.3, -0.25) is 0 Å². The van der Waals surface area contributed by atoms with Crippen molar-refractivity contribution in [2.24, 2.45) is 0 Å². The molecule has 0 bridgehead atoms. The molecule has 4 nitrogen and oxygen atoms in total. The van der Waals surface area contributed by atoms with E-state index in [-0.39, 0.29) is 25.1 Å². The van der Waals surface area contributed by atoms with Gasteiger partial charge in [0.2, 0.25) is 0 Å². The Labute approximate surface area is 112 Å². The summed E-state index contributed by atoms with van der Waals surface area (Å²) < 4.78 is 29.2. The Morgan fingerprint density at radius 2 is 2.00 bits per heavy atom. The minimum Gasteiger partial charge on any atom is -0.488 e. The van der Waals surface area contributed by atoms with Crippen molar-refractivity contribution in [3.05, 3.63) is 30.1 Å². The number of aliphatic hydroxyl groups excluding tert-OH is 1. The Kier molecular flexibility index (Phi) is 5.57. The molecule has 19 heavy (non-hydrogen) atoms. The van der Waals surface area contributed by atoms with Crippen LogP contribution in [0, 0.1) is 5.82 Å². The van der Waals surface area contributed by atoms with E-state index in [0.717, 1.165) is 12.8 Å². The van der Waals surface area contributed by atoms with E-state index in [1.54, 1.807) is 12.1 Å². The minimum atomic E-state index is -0.762. The SMILES string of the molecule is OC(COc1ccccc1F)COC1CCOCC1. The molecule has 0 saturated carbocycles. The molecular formula is C14H19FO4. The van der Waals surface area contributed by atoms with Crippen molar-refractivity contribution < 1.29 is 23.7 Å². The maximum atomic E-state index is 13.3. The van der Waals surface area contributed by atoms with E-state index in [1.165, 1.54) is 12.1 Å². The van der Waals surface area contributed by atoms with Crippen molar-refractivity contribution in [3.8, 4) is 5.75 Å². The number of benzene rings is 1. The van der Waals surface area contributed by atoms with Crippen LogP contribution >= 0.6 is 0 Å². The summed E-state index contributed by atoms with van der Waals surface area (Å²) in [6, 6.07) is 6.12. The largest absolute Gasteiger partial charge is 0.488 e. The molecule has 1 fully saturated rings. The Morgan fingerprint density at radius 3 is 2.74 bits per heavy atom. The van der Waals surface area contributed by atoms with Crippen molar-refractivity contribution in [2.75, 3.05) is 26.4 Å². The molecule has 106 valence electrons. The highest BCUT2D eigenvalue weighted by molar-refractivity contribution is 5.23. The third kappa shape index (κ3) is 4.78. The van der Waals surface area contributed by atoms with Gasteiger partial charge in [-0.2, -0.15) is 0 Å². The summed E-state index contributed by atoms with van der Waals surface area (Å²) in [6.45, 7) is 1.61. The number of rotatable bonds is 6. The topological polar surface area (TPSA) is 47.9 Å². The summed E-state index contributed by atoms with van der Waals surface area (Å²) in [7, 11) is 0. The van der Waals surface area contributed by atoms with E-state index in [0.29, 0.717) is 13.2 Å². The highest BCUT2D eigenvalue weighted by Crippen LogP contribution is 2.16. The van der Waals surface area contributed by atoms with Gasteiger partial charge in [-0.1, -0.05) is 12.1 Å². The summed E-state index contributed by atoms with van der Waals surface area (Å²) in [5.41, 5.74) is 0. The quantitative estimate of drug-likeness (QED) is 0.855. The molecule has 1 aromatic rings. The summed E-state index contributed by atoms with van der Waals surface area (Å²) in [5, 5.41) is 9.73. The fourth-order valence-electron chi connectivity index (χ4n) is 1.89. The van der Waals surface area contributed by atoms with Gasteiger partial charge in [0.1, 0.15) is 12.7 Å². The van der Waals surface area contributed by atoms with Crippen LogP contribution in [-0.2, 0) is 9.47 Å². The van der Waals surface area contributed by atoms with Gasteiger partial charge in [-0.05, 0) is 25.0 Å². The highest BCUT2D eigenvalue weighted by atomic mass is 19.1. The second-order valence-electron chi connectivity index (χ2n) is 4.54. The number of halogens is 1. The molecule has 5 heteroatoms. The lowest BCUT2D eigenvalue weighted by Crippen LogP contribution is -2.30. The number of hydrogen-bond donors (Lipinski definition) is 1. The number of para-hydroxylation sites is 1. The number of aliphatic hydroxyl groups is 1. The molecule has 1 aliphatic heterocycles. The zero-order valence-electron chi connectivity index (χ0n) is 10.8. The molecule has 1 unspecified atom stereocenters. The van der Waals surface area contributed by atoms with Gasteiger partial charge in [0.15, 0.2) is 11.6 Å². The lowest BCUT2D eigenvalue weighted by atomic mass is 10.1. The van der Waals surface area contributed by atoms with Crippen LogP contribution in [0.2, 0.25) is 0 Å². The van der Waals surface area contributed by atoms with Crippen LogP contribution in [0.15, 0.2) is 24.3 Å². The minimum absolute atomic E-state index is 0.0180. The molecule has 1 aromatic carbocycles. The standard InChI is InChI=1S/C14H19FO4/c15-13-3-1-2-4-14(13)19-10-11(16)9-18-12-5-7-17-8-6-12/h1-4,11-12,16H,5-10H2. The lowest BCUT2D eigenvalue weighted by Gasteiger charge is -2.23. The molecule has 2 rings (SSSR count). The molecule has 1 atom stereocenters. The van der Waals surface area contributed by atoms with E-state index in [4.69, 9.17) is 14.2 Å². The van der Waals surface area contributed by atoms with Crippen molar-refractivity contribution in [1.82, 2.24) is 0 Å². The molecule has 0 radical (unpaired) electrons. The van der Waals surface area contributed by atoms with Gasteiger partial charge >= 0.3 is 0 Å². The summed E-state index contributed by atoms with van der Waals surface area (Å²) in [4.78, 5) is 0. The second-order valence-corrected chi connectivity index (χ2v) is 4.54. The highest BCUT2D eigenvalue weighted by Gasteiger charge is 2.16. The maximum Gasteiger partial charge on any atom is 0.165 e. The van der Waals surface area contributed by atoms with E-state index in [2.05, 4.69) is 0 Å². The van der Waals surface area contributed by atoms with E-state index < -0.39 is 11.9 Å². The lowest BCUT2D eigenvalue weighted by molar-refractivity contribution is -0.0661. The Hall–Kier alpha value is -1.17. The van der Waals surface area contributed by atoms with Gasteiger partial charge < -0.3 is 19.3 Å². The average molecular weight is 270 g/mol. The van der Waals surface area contributed by atoms with Gasteiger partial charge in [0, 0.05) is 13.2 Å². The van der Waals surface area contributed by atoms with E-state index in [9.17, 15) is 9.50 Å². The third-order valence-corrected chi connectivity index (χ3v) is 2.96. The smallest absolute Gasteiger partial charge is 0.165 e. The van der Waals surface area contributed by atoms with E-state index >= 15 is 0 Å². The van der Waals surface area contributed by atoms with Gasteiger partial charge in [0.25, 0.3) is 0 Å². The normalized spacial score (nSPS) is 18.2. The molecular weight excluding hydrogens is 251 g/mol. The fraction of sp³-hybridized carbons (Fsp3) is 0.571. The first-order valence-corrected chi connectivity index (χ1v) is 6.50. The summed E-state index contributed by atoms with van der Waals surface area (Å²) >= 11 is 0. The zero-order valence-corrected chi connectivity index (χ0v) is 10.8. The molecule has 0 aliphatic carbocycles. The first-order valence-electron chi connectivity index (χ1n) is 6.50. The third-order valence-electron chi connectivity index (χ3n) is 2.96. The van der Waals surface area contributed by atoms with Crippen molar-refractivity contribution in [3.63, 3.8) is 0 Å². The predicted molar refractivity (Wildman–Crippen MR) is 67.7 cm³/mol. The van der Waals surface area contributed by atoms with Crippen LogP contribution in [-0.4, -0.2) is 43.7 Å². The zero-order chi connectivity index (χ0) is 13.5. The van der Waals surface area contributed by atoms with E-state index in [1.807, 2.05) is 0 Å². The molecule has 1 aliphatic rings. The Bertz CT molecular complexity index is 379. The monoisotopic (exact) mass is 270 g/mol. The molecule has 1 saturated heterocycles. The first kappa shape index (κ1) is 14.2. The summed E-state index contributed by atoms with van der Waals surface area (Å²) in [5.74, 6) is -0.285. The molecule has 0 spiro atoms. The van der Waals surface area contributed by atoms with Crippen LogP contribution in [0.3, 0.4) is 0 Å². The predicted octanol–water partition coefficient (Wildman–Crippen LogP) is 1.76. The van der Waals surface area contributed by atoms with Gasteiger partial charge in [-0.25, -0.2) is 4.39 Å². The van der Waals surface area contributed by atoms with Crippen LogP contribution in [0.4, 0.5) is 4.39 Å². The van der Waals surface area contributed by atoms with Crippen LogP contribution in [0.5, 0.6) is 5.75 Å². The van der Waals surface area contributed by atoms with Gasteiger partial charge in [0.05, 0.1) is 12.7 Å². The number of ether oxygens (including phenoxy) is 3. The average Bonchev–Trinajstić information content (AvgIpc) is 2.45. The fourth-order valence-corrected chi connectivity index (χ4v) is 1.89. The van der Waals surface area contributed by atoms with Crippen molar-refractivity contribution >= 4 is 0 Å². The van der Waals surface area contributed by atoms with Crippen LogP contribution in [0.25, 0.3) is 0 Å². The van der Waals surface area contributed by atoms with Crippen LogP contribution in [0.1, 0.15) is 12.8 Å². The number of hydrogen-bond acceptors (Lipinski definition) is 4. The summed E-state index contributed by atoms with van der Waals surface area (Å²) in [6.07, 6.45) is 1.07.